The summed E-state index contributed by atoms with van der Waals surface area (Å²) in [5, 5.41) is 4.34. The maximum Gasteiger partial charge on any atom is 0.309 e. The number of carbonyl (C=O) groups excluding carboxylic acids is 2. The molecule has 0 fully saturated rings. The van der Waals surface area contributed by atoms with Crippen LogP contribution in [0.1, 0.15) is 21.0 Å². The summed E-state index contributed by atoms with van der Waals surface area (Å²) < 4.78 is 1.85. The summed E-state index contributed by atoms with van der Waals surface area (Å²) >= 11 is 5.07. The molecule has 0 aliphatic carbocycles. The SMILES string of the molecule is O=C(NNC(=O)c1ccc[nH]c1=S)c1nc(-c2ccccc2)n(-c2ccccc2)n1. The number of amides is 2. The van der Waals surface area contributed by atoms with Gasteiger partial charge < -0.3 is 4.98 Å². The average Bonchev–Trinajstić information content (AvgIpc) is 3.24. The van der Waals surface area contributed by atoms with Crippen molar-refractivity contribution >= 4 is 24.0 Å². The molecule has 0 bridgehead atoms. The summed E-state index contributed by atoms with van der Waals surface area (Å²) in [6.07, 6.45) is 1.61. The van der Waals surface area contributed by atoms with E-state index in [0.717, 1.165) is 11.3 Å². The van der Waals surface area contributed by atoms with Gasteiger partial charge in [0.05, 0.1) is 11.3 Å². The van der Waals surface area contributed by atoms with Crippen LogP contribution in [0, 0.1) is 4.64 Å². The molecule has 4 rings (SSSR count). The Morgan fingerprint density at radius 1 is 0.867 bits per heavy atom. The van der Waals surface area contributed by atoms with Gasteiger partial charge in [0.2, 0.25) is 5.82 Å². The van der Waals surface area contributed by atoms with E-state index in [2.05, 4.69) is 25.9 Å². The van der Waals surface area contributed by atoms with E-state index in [1.165, 1.54) is 0 Å². The van der Waals surface area contributed by atoms with E-state index in [1.54, 1.807) is 23.0 Å². The van der Waals surface area contributed by atoms with Crippen LogP contribution >= 0.6 is 12.2 Å². The Morgan fingerprint density at radius 2 is 1.53 bits per heavy atom. The molecule has 0 radical (unpaired) electrons. The van der Waals surface area contributed by atoms with Gasteiger partial charge in [-0.1, -0.05) is 60.7 Å². The first-order valence-corrected chi connectivity index (χ1v) is 9.40. The molecule has 2 amide bonds. The van der Waals surface area contributed by atoms with E-state index in [0.29, 0.717) is 5.82 Å². The van der Waals surface area contributed by atoms with Crippen molar-refractivity contribution in [2.45, 2.75) is 0 Å². The fraction of sp³-hybridized carbons (Fsp3) is 0. The van der Waals surface area contributed by atoms with E-state index in [1.807, 2.05) is 60.7 Å². The molecule has 0 saturated carbocycles. The molecule has 30 heavy (non-hydrogen) atoms. The zero-order valence-electron chi connectivity index (χ0n) is 15.6. The van der Waals surface area contributed by atoms with E-state index >= 15 is 0 Å². The molecule has 3 N–H and O–H groups in total. The second kappa shape index (κ2) is 8.50. The normalized spacial score (nSPS) is 10.4. The Balaban J connectivity index is 1.60. The molecule has 0 aliphatic rings. The maximum absolute atomic E-state index is 12.6. The van der Waals surface area contributed by atoms with Crippen LogP contribution in [-0.4, -0.2) is 31.6 Å². The second-order valence-corrected chi connectivity index (χ2v) is 6.60. The Hall–Kier alpha value is -4.11. The van der Waals surface area contributed by atoms with Crippen LogP contribution in [0.5, 0.6) is 0 Å². The molecule has 0 aliphatic heterocycles. The number of carbonyl (C=O) groups is 2. The summed E-state index contributed by atoms with van der Waals surface area (Å²) in [7, 11) is 0. The van der Waals surface area contributed by atoms with Gasteiger partial charge in [0.15, 0.2) is 5.82 Å². The minimum Gasteiger partial charge on any atom is -0.352 e. The first-order valence-electron chi connectivity index (χ1n) is 9.00. The van der Waals surface area contributed by atoms with Crippen LogP contribution in [0.3, 0.4) is 0 Å². The van der Waals surface area contributed by atoms with Gasteiger partial charge in [-0.3, -0.25) is 20.4 Å². The number of rotatable bonds is 4. The summed E-state index contributed by atoms with van der Waals surface area (Å²) in [5.41, 5.74) is 6.45. The van der Waals surface area contributed by atoms with E-state index in [9.17, 15) is 9.59 Å². The Labute approximate surface area is 176 Å². The number of nitrogens with zero attached hydrogens (tertiary/aromatic N) is 3. The number of para-hydroxylation sites is 1. The molecule has 9 heteroatoms. The monoisotopic (exact) mass is 416 g/mol. The van der Waals surface area contributed by atoms with Crippen molar-refractivity contribution in [1.29, 1.82) is 0 Å². The van der Waals surface area contributed by atoms with Crippen molar-refractivity contribution in [3.63, 3.8) is 0 Å². The Morgan fingerprint density at radius 3 is 2.23 bits per heavy atom. The predicted octanol–water partition coefficient (Wildman–Crippen LogP) is 3.07. The van der Waals surface area contributed by atoms with Crippen LogP contribution in [0.25, 0.3) is 17.1 Å². The predicted molar refractivity (Wildman–Crippen MR) is 113 cm³/mol. The summed E-state index contributed by atoms with van der Waals surface area (Å²) in [5.74, 6) is -0.781. The lowest BCUT2D eigenvalue weighted by Crippen LogP contribution is -2.42. The smallest absolute Gasteiger partial charge is 0.309 e. The maximum atomic E-state index is 12.6. The highest BCUT2D eigenvalue weighted by molar-refractivity contribution is 7.71. The van der Waals surface area contributed by atoms with Crippen LogP contribution < -0.4 is 10.9 Å². The largest absolute Gasteiger partial charge is 0.352 e. The number of benzene rings is 2. The highest BCUT2D eigenvalue weighted by Crippen LogP contribution is 2.20. The first kappa shape index (κ1) is 19.2. The molecule has 0 saturated heterocycles. The number of H-pyrrole nitrogens is 1. The quantitative estimate of drug-likeness (QED) is 0.350. The standard InChI is InChI=1S/C21H16N6O2S/c28-19(16-12-7-13-22-21(16)30)24-25-20(29)17-23-18(14-8-3-1-4-9-14)27(26-17)15-10-5-2-6-11-15/h1-13H,(H,22,30)(H,24,28)(H,25,29). The highest BCUT2D eigenvalue weighted by atomic mass is 32.1. The van der Waals surface area contributed by atoms with E-state index in [-0.39, 0.29) is 16.0 Å². The second-order valence-electron chi connectivity index (χ2n) is 6.19. The molecular formula is C21H16N6O2S. The minimum atomic E-state index is -0.652. The molecule has 148 valence electrons. The van der Waals surface area contributed by atoms with E-state index < -0.39 is 11.8 Å². The Kier molecular flexibility index (Phi) is 5.44. The Bertz CT molecular complexity index is 1190. The molecular weight excluding hydrogens is 400 g/mol. The van der Waals surface area contributed by atoms with Gasteiger partial charge in [0.1, 0.15) is 4.64 Å². The zero-order chi connectivity index (χ0) is 20.9. The number of hydrazine groups is 1. The van der Waals surface area contributed by atoms with Crippen molar-refractivity contribution in [1.82, 2.24) is 30.6 Å². The van der Waals surface area contributed by atoms with Crippen molar-refractivity contribution in [3.8, 4) is 17.1 Å². The third-order valence-corrected chi connectivity index (χ3v) is 4.53. The minimum absolute atomic E-state index is 0.0868. The van der Waals surface area contributed by atoms with Crippen molar-refractivity contribution in [2.75, 3.05) is 0 Å². The number of aromatic nitrogens is 4. The topological polar surface area (TPSA) is 105 Å². The summed E-state index contributed by atoms with van der Waals surface area (Å²) in [4.78, 5) is 32.0. The lowest BCUT2D eigenvalue weighted by molar-refractivity contribution is 0.0840. The third kappa shape index (κ3) is 4.01. The number of pyridine rings is 1. The molecule has 0 spiro atoms. The van der Waals surface area contributed by atoms with Gasteiger partial charge in [-0.25, -0.2) is 9.67 Å². The van der Waals surface area contributed by atoms with Crippen LogP contribution in [0.4, 0.5) is 0 Å². The van der Waals surface area contributed by atoms with Gasteiger partial charge in [-0.05, 0) is 24.3 Å². The van der Waals surface area contributed by atoms with Gasteiger partial charge in [-0.15, -0.1) is 5.10 Å². The fourth-order valence-electron chi connectivity index (χ4n) is 2.77. The lowest BCUT2D eigenvalue weighted by Gasteiger charge is -2.05. The first-order chi connectivity index (χ1) is 14.6. The van der Waals surface area contributed by atoms with Gasteiger partial charge >= 0.3 is 5.91 Å². The van der Waals surface area contributed by atoms with Crippen molar-refractivity contribution in [2.24, 2.45) is 0 Å². The number of hydrogen-bond donors (Lipinski definition) is 3. The third-order valence-electron chi connectivity index (χ3n) is 4.20. The van der Waals surface area contributed by atoms with Crippen molar-refractivity contribution < 1.29 is 9.59 Å². The van der Waals surface area contributed by atoms with Crippen LogP contribution in [0.2, 0.25) is 0 Å². The van der Waals surface area contributed by atoms with Gasteiger partial charge in [0, 0.05) is 11.8 Å². The van der Waals surface area contributed by atoms with Crippen molar-refractivity contribution in [3.05, 3.63) is 95.0 Å². The molecule has 8 nitrogen and oxygen atoms in total. The molecule has 0 atom stereocenters. The lowest BCUT2D eigenvalue weighted by atomic mass is 10.2. The summed E-state index contributed by atoms with van der Waals surface area (Å²) in [6.45, 7) is 0. The van der Waals surface area contributed by atoms with Crippen LogP contribution in [-0.2, 0) is 0 Å². The molecule has 2 aromatic carbocycles. The molecule has 2 aromatic heterocycles. The average molecular weight is 416 g/mol. The number of hydrogen-bond acceptors (Lipinski definition) is 5. The highest BCUT2D eigenvalue weighted by Gasteiger charge is 2.19. The number of aromatic amines is 1. The number of nitrogens with one attached hydrogen (secondary N) is 3. The van der Waals surface area contributed by atoms with Gasteiger partial charge in [-0.2, -0.15) is 0 Å². The molecule has 4 aromatic rings. The summed E-state index contributed by atoms with van der Waals surface area (Å²) in [6, 6.07) is 22.0. The van der Waals surface area contributed by atoms with Crippen LogP contribution in [0.15, 0.2) is 79.0 Å². The van der Waals surface area contributed by atoms with Gasteiger partial charge in [0.25, 0.3) is 5.91 Å². The zero-order valence-corrected chi connectivity index (χ0v) is 16.4. The van der Waals surface area contributed by atoms with E-state index in [4.69, 9.17) is 12.2 Å². The fourth-order valence-corrected chi connectivity index (χ4v) is 3.00. The molecule has 2 heterocycles. The molecule has 0 unspecified atom stereocenters.